The third-order valence-electron chi connectivity index (χ3n) is 9.18. The Bertz CT molecular complexity index is 1960. The second-order valence-electron chi connectivity index (χ2n) is 14.4. The average Bonchev–Trinajstić information content (AvgIpc) is 3.53. The molecular weight excluding hydrogens is 653 g/mol. The Morgan fingerprint density at radius 2 is 1.70 bits per heavy atom. The summed E-state index contributed by atoms with van der Waals surface area (Å²) in [6.07, 6.45) is 2.68. The summed E-state index contributed by atoms with van der Waals surface area (Å²) in [6.45, 7) is 12.1. The van der Waals surface area contributed by atoms with Gasteiger partial charge in [-0.25, -0.2) is 23.1 Å². The van der Waals surface area contributed by atoms with E-state index in [2.05, 4.69) is 40.4 Å². The number of rotatable bonds is 7. The number of ether oxygens (including phenoxy) is 2. The van der Waals surface area contributed by atoms with Crippen LogP contribution in [-0.4, -0.2) is 73.1 Å². The predicted molar refractivity (Wildman–Crippen MR) is 194 cm³/mol. The van der Waals surface area contributed by atoms with Crippen LogP contribution in [0.15, 0.2) is 71.6 Å². The molecule has 0 radical (unpaired) electrons. The molecule has 50 heavy (non-hydrogen) atoms. The summed E-state index contributed by atoms with van der Waals surface area (Å²) in [7, 11) is -2.46. The van der Waals surface area contributed by atoms with Gasteiger partial charge in [-0.15, -0.1) is 0 Å². The van der Waals surface area contributed by atoms with Crippen LogP contribution in [0.1, 0.15) is 67.2 Å². The Balaban J connectivity index is 1.45. The largest absolute Gasteiger partial charge is 0.475 e. The van der Waals surface area contributed by atoms with Gasteiger partial charge in [-0.3, -0.25) is 4.79 Å². The maximum Gasteiger partial charge on any atom is 0.264 e. The van der Waals surface area contributed by atoms with E-state index < -0.39 is 16.1 Å². The SMILES string of the molecule is COCC1CCCN1c1cccc(CN2C(=O)c3cccc(c3)S(=O)(=O)Nc3nc(cc(-c4c(C)cccc4C)n3)OC[C@H]2CC(C)(C)C)n1. The van der Waals surface area contributed by atoms with Crippen LogP contribution >= 0.6 is 0 Å². The van der Waals surface area contributed by atoms with Gasteiger partial charge in [0.25, 0.3) is 15.9 Å². The fourth-order valence-electron chi connectivity index (χ4n) is 6.94. The van der Waals surface area contributed by atoms with Crippen molar-refractivity contribution >= 4 is 27.7 Å². The number of carbonyl (C=O) groups excluding carboxylic acids is 1. The number of benzene rings is 2. The summed E-state index contributed by atoms with van der Waals surface area (Å²) >= 11 is 0. The molecule has 2 atom stereocenters. The zero-order valence-corrected chi connectivity index (χ0v) is 30.5. The number of sulfonamides is 1. The van der Waals surface area contributed by atoms with E-state index in [0.29, 0.717) is 24.4 Å². The molecule has 4 bridgehead atoms. The van der Waals surface area contributed by atoms with Gasteiger partial charge in [-0.1, -0.05) is 51.1 Å². The van der Waals surface area contributed by atoms with E-state index in [0.717, 1.165) is 41.9 Å². The summed E-state index contributed by atoms with van der Waals surface area (Å²) < 4.78 is 41.9. The van der Waals surface area contributed by atoms with Crippen LogP contribution in [0.4, 0.5) is 11.8 Å². The number of anilines is 2. The molecule has 0 aliphatic carbocycles. The van der Waals surface area contributed by atoms with Crippen LogP contribution in [0.3, 0.4) is 0 Å². The molecule has 4 heterocycles. The molecular formula is C38H46N6O5S. The summed E-state index contributed by atoms with van der Waals surface area (Å²) in [5, 5.41) is 0. The highest BCUT2D eigenvalue weighted by molar-refractivity contribution is 7.92. The number of carbonyl (C=O) groups is 1. The van der Waals surface area contributed by atoms with Crippen LogP contribution in [-0.2, 0) is 21.3 Å². The number of pyridine rings is 1. The lowest BCUT2D eigenvalue weighted by Gasteiger charge is -2.36. The first-order valence-electron chi connectivity index (χ1n) is 17.0. The zero-order valence-electron chi connectivity index (χ0n) is 29.6. The average molecular weight is 699 g/mol. The van der Waals surface area contributed by atoms with Crippen molar-refractivity contribution in [3.05, 3.63) is 89.1 Å². The van der Waals surface area contributed by atoms with Crippen molar-refractivity contribution in [1.82, 2.24) is 19.9 Å². The number of aryl methyl sites for hydroxylation is 2. The predicted octanol–water partition coefficient (Wildman–Crippen LogP) is 6.41. The molecule has 264 valence electrons. The number of hydrogen-bond donors (Lipinski definition) is 1. The molecule has 2 aromatic heterocycles. The number of amides is 1. The van der Waals surface area contributed by atoms with E-state index in [9.17, 15) is 13.2 Å². The number of nitrogens with zero attached hydrogens (tertiary/aromatic N) is 5. The number of methoxy groups -OCH3 is 1. The van der Waals surface area contributed by atoms with Crippen molar-refractivity contribution in [3.8, 4) is 17.1 Å². The molecule has 12 heteroatoms. The van der Waals surface area contributed by atoms with Crippen molar-refractivity contribution in [2.75, 3.05) is 36.5 Å². The van der Waals surface area contributed by atoms with Gasteiger partial charge in [-0.05, 0) is 80.0 Å². The maximum absolute atomic E-state index is 14.6. The summed E-state index contributed by atoms with van der Waals surface area (Å²) in [4.78, 5) is 32.7. The highest BCUT2D eigenvalue weighted by Crippen LogP contribution is 2.32. The molecule has 1 saturated heterocycles. The topological polar surface area (TPSA) is 127 Å². The summed E-state index contributed by atoms with van der Waals surface area (Å²) in [6, 6.07) is 19.5. The first-order chi connectivity index (χ1) is 23.8. The quantitative estimate of drug-likeness (QED) is 0.233. The van der Waals surface area contributed by atoms with E-state index in [1.165, 1.54) is 12.1 Å². The lowest BCUT2D eigenvalue weighted by molar-refractivity contribution is 0.0509. The van der Waals surface area contributed by atoms with E-state index in [1.807, 2.05) is 50.2 Å². The van der Waals surface area contributed by atoms with Crippen LogP contribution in [0.2, 0.25) is 0 Å². The summed E-state index contributed by atoms with van der Waals surface area (Å²) in [5.41, 5.74) is 4.13. The normalized spacial score (nSPS) is 19.2. The third kappa shape index (κ3) is 7.92. The smallest absolute Gasteiger partial charge is 0.264 e. The third-order valence-corrected chi connectivity index (χ3v) is 10.5. The zero-order chi connectivity index (χ0) is 35.6. The minimum atomic E-state index is -4.17. The molecule has 1 amide bonds. The minimum Gasteiger partial charge on any atom is -0.475 e. The monoisotopic (exact) mass is 698 g/mol. The highest BCUT2D eigenvalue weighted by atomic mass is 32.2. The van der Waals surface area contributed by atoms with Gasteiger partial charge >= 0.3 is 0 Å². The fourth-order valence-corrected chi connectivity index (χ4v) is 7.93. The molecule has 2 aromatic carbocycles. The van der Waals surface area contributed by atoms with Gasteiger partial charge < -0.3 is 19.3 Å². The first kappa shape index (κ1) is 35.3. The molecule has 6 rings (SSSR count). The Morgan fingerprint density at radius 1 is 0.960 bits per heavy atom. The van der Waals surface area contributed by atoms with E-state index in [1.54, 1.807) is 30.2 Å². The Kier molecular flexibility index (Phi) is 10.1. The van der Waals surface area contributed by atoms with Crippen molar-refractivity contribution in [1.29, 1.82) is 0 Å². The fraction of sp³-hybridized carbons (Fsp3) is 0.421. The Hall–Kier alpha value is -4.55. The van der Waals surface area contributed by atoms with Gasteiger partial charge in [0.15, 0.2) is 0 Å². The molecule has 11 nitrogen and oxygen atoms in total. The Morgan fingerprint density at radius 3 is 2.44 bits per heavy atom. The number of nitrogens with one attached hydrogen (secondary N) is 1. The minimum absolute atomic E-state index is 0.0724. The van der Waals surface area contributed by atoms with E-state index in [4.69, 9.17) is 14.5 Å². The molecule has 0 saturated carbocycles. The molecule has 0 spiro atoms. The number of fused-ring (bicyclic) bond motifs is 4. The van der Waals surface area contributed by atoms with Crippen LogP contribution in [0.25, 0.3) is 11.3 Å². The maximum atomic E-state index is 14.6. The highest BCUT2D eigenvalue weighted by Gasteiger charge is 2.32. The molecule has 1 N–H and O–H groups in total. The standard InChI is InChI=1S/C38H46N6O5S/c1-25-11-7-12-26(2)35(25)32-20-34-41-37(40-32)42-50(46,47)31-16-8-13-27(19-31)36(45)44(30(24-49-34)21-38(3,4)5)22-28-14-9-17-33(39-28)43-18-10-15-29(43)23-48-6/h7-9,11-14,16-17,19-20,29-30H,10,15,18,21-24H2,1-6H3,(H,40,41,42)/t29?,30-/m1/s1. The molecule has 1 fully saturated rings. The molecule has 1 unspecified atom stereocenters. The van der Waals surface area contributed by atoms with Crippen molar-refractivity contribution < 1.29 is 22.7 Å². The number of hydrogen-bond acceptors (Lipinski definition) is 9. The van der Waals surface area contributed by atoms with Gasteiger partial charge in [0.2, 0.25) is 11.8 Å². The van der Waals surface area contributed by atoms with E-state index >= 15 is 0 Å². The van der Waals surface area contributed by atoms with Crippen LogP contribution in [0.5, 0.6) is 5.88 Å². The Labute approximate surface area is 295 Å². The lowest BCUT2D eigenvalue weighted by atomic mass is 9.87. The van der Waals surface area contributed by atoms with Gasteiger partial charge in [0.1, 0.15) is 12.4 Å². The van der Waals surface area contributed by atoms with Gasteiger partial charge in [-0.2, -0.15) is 4.98 Å². The number of aromatic nitrogens is 3. The summed E-state index contributed by atoms with van der Waals surface area (Å²) in [5.74, 6) is 0.607. The molecule has 4 aromatic rings. The van der Waals surface area contributed by atoms with Gasteiger partial charge in [0.05, 0.1) is 41.5 Å². The first-order valence-corrected chi connectivity index (χ1v) is 18.5. The van der Waals surface area contributed by atoms with Gasteiger partial charge in [0, 0.05) is 30.8 Å². The second kappa shape index (κ2) is 14.4. The van der Waals surface area contributed by atoms with Crippen molar-refractivity contribution in [2.45, 2.75) is 77.4 Å². The van der Waals surface area contributed by atoms with Crippen molar-refractivity contribution in [3.63, 3.8) is 0 Å². The van der Waals surface area contributed by atoms with Crippen molar-refractivity contribution in [2.24, 2.45) is 5.41 Å². The van der Waals surface area contributed by atoms with Crippen LogP contribution in [0, 0.1) is 19.3 Å². The molecule has 2 aliphatic rings. The second-order valence-corrected chi connectivity index (χ2v) is 16.1. The van der Waals surface area contributed by atoms with Crippen LogP contribution < -0.4 is 14.4 Å². The molecule has 2 aliphatic heterocycles. The lowest BCUT2D eigenvalue weighted by Crippen LogP contribution is -2.45. The van der Waals surface area contributed by atoms with E-state index in [-0.39, 0.29) is 52.8 Å².